The maximum atomic E-state index is 9.57. The Bertz CT molecular complexity index is 1120. The minimum atomic E-state index is 0.133. The lowest BCUT2D eigenvalue weighted by Gasteiger charge is -2.28. The van der Waals surface area contributed by atoms with Crippen molar-refractivity contribution >= 4 is 5.69 Å². The number of nitrogens with one attached hydrogen (secondary N) is 1. The van der Waals surface area contributed by atoms with E-state index < -0.39 is 0 Å². The maximum absolute atomic E-state index is 9.57. The van der Waals surface area contributed by atoms with Gasteiger partial charge in [-0.25, -0.2) is 9.97 Å². The molecular weight excluding hydrogens is 402 g/mol. The van der Waals surface area contributed by atoms with Crippen molar-refractivity contribution in [2.75, 3.05) is 44.3 Å². The highest BCUT2D eigenvalue weighted by Crippen LogP contribution is 2.27. The number of morpholine rings is 1. The molecule has 0 radical (unpaired) electrons. The zero-order chi connectivity index (χ0) is 21.8. The molecular formula is C25H25N5O2. The first-order valence-electron chi connectivity index (χ1n) is 10.9. The van der Waals surface area contributed by atoms with Crippen LogP contribution in [0.1, 0.15) is 17.0 Å². The lowest BCUT2D eigenvalue weighted by atomic mass is 10.1. The summed E-state index contributed by atoms with van der Waals surface area (Å²) < 4.78 is 11.3. The van der Waals surface area contributed by atoms with Gasteiger partial charge in [-0.05, 0) is 42.0 Å². The Morgan fingerprint density at radius 2 is 1.91 bits per heavy atom. The van der Waals surface area contributed by atoms with Crippen molar-refractivity contribution < 1.29 is 9.47 Å². The first kappa shape index (κ1) is 20.4. The van der Waals surface area contributed by atoms with Gasteiger partial charge in [0, 0.05) is 50.0 Å². The van der Waals surface area contributed by atoms with Crippen LogP contribution in [0.2, 0.25) is 0 Å². The predicted octanol–water partition coefficient (Wildman–Crippen LogP) is 2.79. The smallest absolute Gasteiger partial charge is 0.137 e. The molecule has 2 aliphatic heterocycles. The van der Waals surface area contributed by atoms with Crippen molar-refractivity contribution in [3.8, 4) is 23.1 Å². The van der Waals surface area contributed by atoms with E-state index in [2.05, 4.69) is 45.5 Å². The van der Waals surface area contributed by atoms with Gasteiger partial charge >= 0.3 is 0 Å². The highest BCUT2D eigenvalue weighted by Gasteiger charge is 2.20. The van der Waals surface area contributed by atoms with Gasteiger partial charge in [0.05, 0.1) is 24.5 Å². The van der Waals surface area contributed by atoms with Crippen LogP contribution in [0.4, 0.5) is 5.69 Å². The van der Waals surface area contributed by atoms with Gasteiger partial charge in [0.15, 0.2) is 0 Å². The average molecular weight is 428 g/mol. The number of nitriles is 1. The Morgan fingerprint density at radius 3 is 2.62 bits per heavy atom. The molecule has 1 aromatic heterocycles. The quantitative estimate of drug-likeness (QED) is 0.648. The van der Waals surface area contributed by atoms with Gasteiger partial charge in [0.25, 0.3) is 0 Å². The van der Waals surface area contributed by atoms with Gasteiger partial charge in [0.2, 0.25) is 0 Å². The van der Waals surface area contributed by atoms with Gasteiger partial charge in [-0.3, -0.25) is 0 Å². The van der Waals surface area contributed by atoms with Crippen LogP contribution < -0.4 is 15.0 Å². The number of aromatic nitrogens is 2. The van der Waals surface area contributed by atoms with E-state index >= 15 is 0 Å². The molecule has 3 heterocycles. The molecule has 2 saturated heterocycles. The first-order chi connectivity index (χ1) is 15.8. The lowest BCUT2D eigenvalue weighted by molar-refractivity contribution is 0.122. The molecule has 1 N–H and O–H groups in total. The van der Waals surface area contributed by atoms with Crippen LogP contribution in [0.3, 0.4) is 0 Å². The summed E-state index contributed by atoms with van der Waals surface area (Å²) in [5, 5.41) is 12.7. The monoisotopic (exact) mass is 427 g/mol. The zero-order valence-electron chi connectivity index (χ0n) is 17.8. The topological polar surface area (TPSA) is 83.3 Å². The molecule has 0 spiro atoms. The molecule has 0 amide bonds. The number of nitrogens with zero attached hydrogens (tertiary/aromatic N) is 4. The molecule has 162 valence electrons. The molecule has 0 saturated carbocycles. The Balaban J connectivity index is 1.30. The van der Waals surface area contributed by atoms with Gasteiger partial charge in [-0.2, -0.15) is 5.26 Å². The second-order valence-corrected chi connectivity index (χ2v) is 8.02. The summed E-state index contributed by atoms with van der Waals surface area (Å²) in [4.78, 5) is 11.5. The summed E-state index contributed by atoms with van der Waals surface area (Å²) in [6.45, 7) is 5.04. The summed E-state index contributed by atoms with van der Waals surface area (Å²) in [5.41, 5.74) is 4.58. The molecule has 0 unspecified atom stereocenters. The van der Waals surface area contributed by atoms with Gasteiger partial charge < -0.3 is 19.7 Å². The lowest BCUT2D eigenvalue weighted by Crippen LogP contribution is -2.50. The number of hydrogen-bond acceptors (Lipinski definition) is 7. The number of benzene rings is 2. The molecule has 7 heteroatoms. The highest BCUT2D eigenvalue weighted by molar-refractivity contribution is 5.64. The van der Waals surface area contributed by atoms with Crippen molar-refractivity contribution in [3.05, 3.63) is 71.7 Å². The summed E-state index contributed by atoms with van der Waals surface area (Å²) in [5.74, 6) is 1.37. The van der Waals surface area contributed by atoms with Gasteiger partial charge in [-0.15, -0.1) is 0 Å². The summed E-state index contributed by atoms with van der Waals surface area (Å²) in [6.07, 6.45) is 2.56. The molecule has 0 bridgehead atoms. The van der Waals surface area contributed by atoms with E-state index in [-0.39, 0.29) is 6.10 Å². The van der Waals surface area contributed by atoms with Crippen LogP contribution in [0, 0.1) is 11.3 Å². The van der Waals surface area contributed by atoms with Crippen LogP contribution >= 0.6 is 0 Å². The van der Waals surface area contributed by atoms with E-state index in [1.807, 2.05) is 24.3 Å². The van der Waals surface area contributed by atoms with E-state index in [0.717, 1.165) is 62.0 Å². The second kappa shape index (κ2) is 9.35. The Morgan fingerprint density at radius 1 is 1.09 bits per heavy atom. The fraction of sp³-hybridized carbons (Fsp3) is 0.320. The van der Waals surface area contributed by atoms with Crippen molar-refractivity contribution in [2.45, 2.75) is 12.5 Å². The van der Waals surface area contributed by atoms with Crippen molar-refractivity contribution in [1.82, 2.24) is 15.3 Å². The third-order valence-electron chi connectivity index (χ3n) is 5.81. The van der Waals surface area contributed by atoms with Crippen LogP contribution in [-0.4, -0.2) is 55.5 Å². The fourth-order valence-electron chi connectivity index (χ4n) is 3.88. The predicted molar refractivity (Wildman–Crippen MR) is 122 cm³/mol. The third-order valence-corrected chi connectivity index (χ3v) is 5.81. The van der Waals surface area contributed by atoms with Crippen molar-refractivity contribution in [3.63, 3.8) is 0 Å². The molecule has 0 atom stereocenters. The fourth-order valence-corrected chi connectivity index (χ4v) is 3.88. The number of anilines is 1. The molecule has 32 heavy (non-hydrogen) atoms. The Hall–Kier alpha value is -3.47. The van der Waals surface area contributed by atoms with E-state index in [4.69, 9.17) is 14.5 Å². The standard InChI is InChI=1S/C25H25N5O2/c26-15-20-14-19(3-6-24(20)32-22-16-27-17-22)23-7-8-28-25(29-23)13-18-1-4-21(5-2-18)30-9-11-31-12-10-30/h1-8,14,22,27H,9-13,16-17H2. The van der Waals surface area contributed by atoms with Crippen LogP contribution in [0.5, 0.6) is 5.75 Å². The number of rotatable bonds is 6. The largest absolute Gasteiger partial charge is 0.486 e. The van der Waals surface area contributed by atoms with Crippen LogP contribution in [0.25, 0.3) is 11.3 Å². The SMILES string of the molecule is N#Cc1cc(-c2ccnc(Cc3ccc(N4CCOCC4)cc3)n2)ccc1OC1CNC1. The van der Waals surface area contributed by atoms with Crippen molar-refractivity contribution in [2.24, 2.45) is 0 Å². The van der Waals surface area contributed by atoms with E-state index in [1.165, 1.54) is 5.69 Å². The van der Waals surface area contributed by atoms with Crippen LogP contribution in [0.15, 0.2) is 54.7 Å². The van der Waals surface area contributed by atoms with E-state index in [1.54, 1.807) is 6.20 Å². The molecule has 2 aliphatic rings. The summed E-state index contributed by atoms with van der Waals surface area (Å²) in [7, 11) is 0. The minimum absolute atomic E-state index is 0.133. The molecule has 0 aliphatic carbocycles. The van der Waals surface area contributed by atoms with E-state index in [9.17, 15) is 5.26 Å². The third kappa shape index (κ3) is 4.57. The van der Waals surface area contributed by atoms with Crippen molar-refractivity contribution in [1.29, 1.82) is 5.26 Å². The average Bonchev–Trinajstić information content (AvgIpc) is 2.82. The Kier molecular flexibility index (Phi) is 5.97. The minimum Gasteiger partial charge on any atom is -0.486 e. The molecule has 7 nitrogen and oxygen atoms in total. The van der Waals surface area contributed by atoms with E-state index in [0.29, 0.717) is 17.7 Å². The molecule has 3 aromatic rings. The highest BCUT2D eigenvalue weighted by atomic mass is 16.5. The van der Waals surface area contributed by atoms with Gasteiger partial charge in [0.1, 0.15) is 23.7 Å². The Labute approximate surface area is 187 Å². The van der Waals surface area contributed by atoms with Gasteiger partial charge in [-0.1, -0.05) is 12.1 Å². The second-order valence-electron chi connectivity index (χ2n) is 8.02. The summed E-state index contributed by atoms with van der Waals surface area (Å²) >= 11 is 0. The van der Waals surface area contributed by atoms with Crippen LogP contribution in [-0.2, 0) is 11.2 Å². The summed E-state index contributed by atoms with van der Waals surface area (Å²) in [6, 6.07) is 18.3. The maximum Gasteiger partial charge on any atom is 0.137 e. The molecule has 2 fully saturated rings. The zero-order valence-corrected chi connectivity index (χ0v) is 17.8. The normalized spacial score (nSPS) is 16.3. The number of ether oxygens (including phenoxy) is 2. The first-order valence-corrected chi connectivity index (χ1v) is 10.9. The molecule has 5 rings (SSSR count). The molecule has 2 aromatic carbocycles. The number of hydrogen-bond donors (Lipinski definition) is 1.